The second-order valence-corrected chi connectivity index (χ2v) is 7.05. The third kappa shape index (κ3) is 3.67. The lowest BCUT2D eigenvalue weighted by Crippen LogP contribution is -2.38. The summed E-state index contributed by atoms with van der Waals surface area (Å²) in [6.45, 7) is 6.42. The highest BCUT2D eigenvalue weighted by Gasteiger charge is 2.27. The number of halogens is 1. The van der Waals surface area contributed by atoms with Gasteiger partial charge in [-0.3, -0.25) is 4.90 Å². The van der Waals surface area contributed by atoms with Crippen LogP contribution >= 0.6 is 22.9 Å². The molecule has 2 N–H and O–H groups in total. The van der Waals surface area contributed by atoms with Crippen LogP contribution in [0, 0.1) is 6.92 Å². The maximum Gasteiger partial charge on any atom is 0.0595 e. The smallest absolute Gasteiger partial charge is 0.0595 e. The molecule has 0 radical (unpaired) electrons. The predicted octanol–water partition coefficient (Wildman–Crippen LogP) is 4.79. The number of rotatable bonds is 5. The number of hydrogen-bond donors (Lipinski definition) is 1. The topological polar surface area (TPSA) is 29.3 Å². The standard InChI is InChI=1S/C17H23ClN2S/c1-11-8-9-21-17(11)16(12(2)19)20(4)13(3)14-6-5-7-15(18)10-14/h5-10,12-13,16H,19H2,1-4H3. The van der Waals surface area contributed by atoms with Gasteiger partial charge in [0.1, 0.15) is 0 Å². The Bertz CT molecular complexity index is 594. The number of likely N-dealkylation sites (N-methyl/N-ethyl adjacent to an activating group) is 1. The first-order valence-electron chi connectivity index (χ1n) is 7.18. The van der Waals surface area contributed by atoms with Gasteiger partial charge >= 0.3 is 0 Å². The van der Waals surface area contributed by atoms with E-state index in [4.69, 9.17) is 17.3 Å². The maximum absolute atomic E-state index is 6.28. The van der Waals surface area contributed by atoms with Crippen LogP contribution in [0.15, 0.2) is 35.7 Å². The van der Waals surface area contributed by atoms with Crippen molar-refractivity contribution in [3.63, 3.8) is 0 Å². The van der Waals surface area contributed by atoms with Crippen LogP contribution < -0.4 is 5.73 Å². The van der Waals surface area contributed by atoms with Crippen LogP contribution in [0.3, 0.4) is 0 Å². The minimum Gasteiger partial charge on any atom is -0.326 e. The summed E-state index contributed by atoms with van der Waals surface area (Å²) in [5, 5.41) is 2.91. The van der Waals surface area contributed by atoms with Crippen molar-refractivity contribution in [2.75, 3.05) is 7.05 Å². The van der Waals surface area contributed by atoms with Crippen molar-refractivity contribution in [1.82, 2.24) is 4.90 Å². The van der Waals surface area contributed by atoms with Gasteiger partial charge in [0.25, 0.3) is 0 Å². The summed E-state index contributed by atoms with van der Waals surface area (Å²) in [7, 11) is 2.14. The Hall–Kier alpha value is -0.870. The molecule has 0 saturated carbocycles. The highest BCUT2D eigenvalue weighted by molar-refractivity contribution is 7.10. The molecule has 3 atom stereocenters. The molecule has 0 fully saturated rings. The van der Waals surface area contributed by atoms with E-state index in [0.29, 0.717) is 0 Å². The van der Waals surface area contributed by atoms with Gasteiger partial charge in [-0.15, -0.1) is 11.3 Å². The van der Waals surface area contributed by atoms with Gasteiger partial charge in [-0.2, -0.15) is 0 Å². The molecule has 0 aliphatic rings. The van der Waals surface area contributed by atoms with Gasteiger partial charge in [-0.25, -0.2) is 0 Å². The minimum atomic E-state index is 0.0639. The van der Waals surface area contributed by atoms with Gasteiger partial charge < -0.3 is 5.73 Å². The molecule has 4 heteroatoms. The Morgan fingerprint density at radius 3 is 2.48 bits per heavy atom. The fourth-order valence-electron chi connectivity index (χ4n) is 2.72. The summed E-state index contributed by atoms with van der Waals surface area (Å²) in [4.78, 5) is 3.69. The predicted molar refractivity (Wildman–Crippen MR) is 93.1 cm³/mol. The fraction of sp³-hybridized carbons (Fsp3) is 0.412. The molecule has 2 rings (SSSR count). The van der Waals surface area contributed by atoms with Crippen molar-refractivity contribution in [2.45, 2.75) is 38.9 Å². The number of benzene rings is 1. The zero-order chi connectivity index (χ0) is 15.6. The lowest BCUT2D eigenvalue weighted by molar-refractivity contribution is 0.168. The fourth-order valence-corrected chi connectivity index (χ4v) is 4.12. The largest absolute Gasteiger partial charge is 0.326 e. The summed E-state index contributed by atoms with van der Waals surface area (Å²) in [6, 6.07) is 10.7. The first-order chi connectivity index (χ1) is 9.91. The van der Waals surface area contributed by atoms with Crippen LogP contribution in [0.4, 0.5) is 0 Å². The van der Waals surface area contributed by atoms with Crippen molar-refractivity contribution in [3.05, 3.63) is 56.7 Å². The van der Waals surface area contributed by atoms with E-state index in [1.165, 1.54) is 16.0 Å². The molecular weight excluding hydrogens is 300 g/mol. The quantitative estimate of drug-likeness (QED) is 0.857. The van der Waals surface area contributed by atoms with Gasteiger partial charge in [0, 0.05) is 22.0 Å². The number of nitrogens with two attached hydrogens (primary N) is 1. The summed E-state index contributed by atoms with van der Waals surface area (Å²) in [5.74, 6) is 0. The highest BCUT2D eigenvalue weighted by Crippen LogP contribution is 2.35. The Morgan fingerprint density at radius 1 is 1.24 bits per heavy atom. The molecule has 0 bridgehead atoms. The SMILES string of the molecule is Cc1ccsc1C(C(C)N)N(C)C(C)c1cccc(Cl)c1. The summed E-state index contributed by atoms with van der Waals surface area (Å²) in [6.07, 6.45) is 0. The zero-order valence-electron chi connectivity index (χ0n) is 13.0. The van der Waals surface area contributed by atoms with Gasteiger partial charge in [-0.1, -0.05) is 23.7 Å². The van der Waals surface area contributed by atoms with Crippen LogP contribution in [0.25, 0.3) is 0 Å². The monoisotopic (exact) mass is 322 g/mol. The number of nitrogens with zero attached hydrogens (tertiary/aromatic N) is 1. The maximum atomic E-state index is 6.28. The van der Waals surface area contributed by atoms with Crippen LogP contribution in [-0.2, 0) is 0 Å². The molecule has 0 aliphatic heterocycles. The number of aryl methyl sites for hydroxylation is 1. The van der Waals surface area contributed by atoms with E-state index in [1.807, 2.05) is 18.2 Å². The third-order valence-electron chi connectivity index (χ3n) is 4.05. The van der Waals surface area contributed by atoms with E-state index in [9.17, 15) is 0 Å². The van der Waals surface area contributed by atoms with Crippen LogP contribution in [-0.4, -0.2) is 18.0 Å². The minimum absolute atomic E-state index is 0.0639. The zero-order valence-corrected chi connectivity index (χ0v) is 14.6. The first-order valence-corrected chi connectivity index (χ1v) is 8.44. The van der Waals surface area contributed by atoms with Gasteiger partial charge in [0.15, 0.2) is 0 Å². The molecule has 21 heavy (non-hydrogen) atoms. The second-order valence-electron chi connectivity index (χ2n) is 5.67. The van der Waals surface area contributed by atoms with Gasteiger partial charge in [0.2, 0.25) is 0 Å². The third-order valence-corrected chi connectivity index (χ3v) is 5.37. The van der Waals surface area contributed by atoms with Gasteiger partial charge in [0.05, 0.1) is 6.04 Å². The molecule has 114 valence electrons. The Kier molecular flexibility index (Phi) is 5.44. The summed E-state index contributed by atoms with van der Waals surface area (Å²) < 4.78 is 0. The van der Waals surface area contributed by atoms with Crippen molar-refractivity contribution < 1.29 is 0 Å². The lowest BCUT2D eigenvalue weighted by atomic mass is 10.00. The van der Waals surface area contributed by atoms with E-state index in [1.54, 1.807) is 11.3 Å². The van der Waals surface area contributed by atoms with E-state index < -0.39 is 0 Å². The van der Waals surface area contributed by atoms with Crippen LogP contribution in [0.1, 0.15) is 41.9 Å². The van der Waals surface area contributed by atoms with E-state index >= 15 is 0 Å². The van der Waals surface area contributed by atoms with Crippen molar-refractivity contribution >= 4 is 22.9 Å². The van der Waals surface area contributed by atoms with Crippen LogP contribution in [0.2, 0.25) is 5.02 Å². The summed E-state index contributed by atoms with van der Waals surface area (Å²) in [5.41, 5.74) is 8.81. The Labute approximate surface area is 136 Å². The number of thiophene rings is 1. The number of hydrogen-bond acceptors (Lipinski definition) is 3. The molecule has 0 saturated heterocycles. The molecule has 1 heterocycles. The molecule has 2 nitrogen and oxygen atoms in total. The van der Waals surface area contributed by atoms with Crippen molar-refractivity contribution in [2.24, 2.45) is 5.73 Å². The molecule has 0 aliphatic carbocycles. The first kappa shape index (κ1) is 16.5. The average molecular weight is 323 g/mol. The highest BCUT2D eigenvalue weighted by atomic mass is 35.5. The molecular formula is C17H23ClN2S. The van der Waals surface area contributed by atoms with Crippen molar-refractivity contribution in [1.29, 1.82) is 0 Å². The molecule has 1 aromatic carbocycles. The molecule has 0 spiro atoms. The molecule has 0 amide bonds. The Morgan fingerprint density at radius 2 is 1.95 bits per heavy atom. The van der Waals surface area contributed by atoms with E-state index in [2.05, 4.69) is 50.2 Å². The molecule has 1 aromatic heterocycles. The van der Waals surface area contributed by atoms with Gasteiger partial charge in [-0.05, 0) is 62.5 Å². The van der Waals surface area contributed by atoms with Crippen molar-refractivity contribution in [3.8, 4) is 0 Å². The van der Waals surface area contributed by atoms with E-state index in [0.717, 1.165) is 5.02 Å². The molecule has 2 aromatic rings. The lowest BCUT2D eigenvalue weighted by Gasteiger charge is -2.36. The Balaban J connectivity index is 2.31. The van der Waals surface area contributed by atoms with E-state index in [-0.39, 0.29) is 18.1 Å². The second kappa shape index (κ2) is 6.93. The summed E-state index contributed by atoms with van der Waals surface area (Å²) >= 11 is 7.90. The average Bonchev–Trinajstić information content (AvgIpc) is 2.84. The normalized spacial score (nSPS) is 16.0. The van der Waals surface area contributed by atoms with Crippen LogP contribution in [0.5, 0.6) is 0 Å². The molecule has 3 unspecified atom stereocenters.